The van der Waals surface area contributed by atoms with Gasteiger partial charge in [0.25, 0.3) is 10.0 Å². The van der Waals surface area contributed by atoms with E-state index in [1.54, 1.807) is 6.07 Å². The van der Waals surface area contributed by atoms with E-state index in [1.807, 2.05) is 0 Å². The van der Waals surface area contributed by atoms with Gasteiger partial charge in [0.15, 0.2) is 0 Å². The van der Waals surface area contributed by atoms with Crippen LogP contribution in [0.25, 0.3) is 0 Å². The number of para-hydroxylation sites is 1. The lowest BCUT2D eigenvalue weighted by atomic mass is 10.2. The van der Waals surface area contributed by atoms with Gasteiger partial charge in [-0.3, -0.25) is 4.72 Å². The first-order valence-corrected chi connectivity index (χ1v) is 8.33. The van der Waals surface area contributed by atoms with Crippen LogP contribution in [-0.2, 0) is 16.6 Å². The molecule has 0 aliphatic heterocycles. The Morgan fingerprint density at radius 2 is 1.62 bits per heavy atom. The van der Waals surface area contributed by atoms with Gasteiger partial charge in [-0.05, 0) is 29.8 Å². The molecule has 0 atom stereocenters. The molecule has 0 unspecified atom stereocenters. The Balaban J connectivity index is 2.41. The summed E-state index contributed by atoms with van der Waals surface area (Å²) in [4.78, 5) is -0.0549. The van der Waals surface area contributed by atoms with Crippen molar-refractivity contribution >= 4 is 50.5 Å². The number of aliphatic hydroxyl groups is 1. The highest BCUT2D eigenvalue weighted by atomic mass is 35.5. The number of anilines is 1. The highest BCUT2D eigenvalue weighted by Crippen LogP contribution is 2.32. The van der Waals surface area contributed by atoms with Crippen LogP contribution in [0, 0.1) is 0 Å². The Hall–Kier alpha value is -0.980. The predicted molar refractivity (Wildman–Crippen MR) is 84.6 cm³/mol. The maximum absolute atomic E-state index is 12.3. The topological polar surface area (TPSA) is 66.4 Å². The second-order valence-electron chi connectivity index (χ2n) is 4.11. The number of sulfonamides is 1. The maximum atomic E-state index is 12.3. The minimum absolute atomic E-state index is 0.0549. The Kier molecular flexibility index (Phi) is 5.01. The third kappa shape index (κ3) is 3.62. The van der Waals surface area contributed by atoms with Crippen molar-refractivity contribution in [1.82, 2.24) is 0 Å². The average molecular weight is 367 g/mol. The molecule has 2 aromatic rings. The maximum Gasteiger partial charge on any atom is 0.262 e. The largest absolute Gasteiger partial charge is 0.392 e. The zero-order valence-electron chi connectivity index (χ0n) is 10.5. The van der Waals surface area contributed by atoms with Crippen molar-refractivity contribution in [2.45, 2.75) is 11.5 Å². The highest BCUT2D eigenvalue weighted by Gasteiger charge is 2.18. The SMILES string of the molecule is O=S(=O)(Nc1c(Cl)cccc1Cl)c1ccc(CO)c(Cl)c1. The molecule has 8 heteroatoms. The lowest BCUT2D eigenvalue weighted by Crippen LogP contribution is -2.13. The smallest absolute Gasteiger partial charge is 0.262 e. The van der Waals surface area contributed by atoms with Crippen molar-refractivity contribution in [1.29, 1.82) is 0 Å². The quantitative estimate of drug-likeness (QED) is 0.861. The number of aliphatic hydroxyl groups excluding tert-OH is 1. The molecule has 0 bridgehead atoms. The van der Waals surface area contributed by atoms with E-state index < -0.39 is 10.0 Å². The first kappa shape index (κ1) is 16.4. The fourth-order valence-electron chi connectivity index (χ4n) is 1.61. The fraction of sp³-hybridized carbons (Fsp3) is 0.0769. The summed E-state index contributed by atoms with van der Waals surface area (Å²) < 4.78 is 26.9. The molecule has 2 N–H and O–H groups in total. The van der Waals surface area contributed by atoms with E-state index in [-0.39, 0.29) is 32.3 Å². The summed E-state index contributed by atoms with van der Waals surface area (Å²) in [5.41, 5.74) is 0.537. The zero-order valence-corrected chi connectivity index (χ0v) is 13.6. The number of nitrogens with one attached hydrogen (secondary N) is 1. The van der Waals surface area contributed by atoms with Crippen LogP contribution in [0.2, 0.25) is 15.1 Å². The van der Waals surface area contributed by atoms with Crippen LogP contribution in [-0.4, -0.2) is 13.5 Å². The highest BCUT2D eigenvalue weighted by molar-refractivity contribution is 7.92. The van der Waals surface area contributed by atoms with Crippen molar-refractivity contribution in [2.75, 3.05) is 4.72 Å². The summed E-state index contributed by atoms with van der Waals surface area (Å²) in [6, 6.07) is 8.67. The summed E-state index contributed by atoms with van der Waals surface area (Å²) in [7, 11) is -3.89. The molecule has 21 heavy (non-hydrogen) atoms. The van der Waals surface area contributed by atoms with Gasteiger partial charge < -0.3 is 5.11 Å². The van der Waals surface area contributed by atoms with E-state index in [2.05, 4.69) is 4.72 Å². The Morgan fingerprint density at radius 3 is 2.14 bits per heavy atom. The first-order chi connectivity index (χ1) is 9.85. The lowest BCUT2D eigenvalue weighted by molar-refractivity contribution is 0.282. The molecule has 2 rings (SSSR count). The lowest BCUT2D eigenvalue weighted by Gasteiger charge is -2.12. The summed E-state index contributed by atoms with van der Waals surface area (Å²) >= 11 is 17.8. The van der Waals surface area contributed by atoms with Crippen molar-refractivity contribution in [3.63, 3.8) is 0 Å². The molecule has 0 heterocycles. The molecular formula is C13H10Cl3NO3S. The van der Waals surface area contributed by atoms with Gasteiger partial charge in [-0.1, -0.05) is 46.9 Å². The van der Waals surface area contributed by atoms with E-state index in [0.717, 1.165) is 0 Å². The molecule has 0 saturated carbocycles. The van der Waals surface area contributed by atoms with E-state index in [9.17, 15) is 8.42 Å². The van der Waals surface area contributed by atoms with Gasteiger partial charge in [0, 0.05) is 5.02 Å². The zero-order chi connectivity index (χ0) is 15.6. The van der Waals surface area contributed by atoms with Crippen molar-refractivity contribution in [2.24, 2.45) is 0 Å². The van der Waals surface area contributed by atoms with Gasteiger partial charge in [-0.25, -0.2) is 8.42 Å². The molecule has 112 valence electrons. The minimum Gasteiger partial charge on any atom is -0.392 e. The summed E-state index contributed by atoms with van der Waals surface area (Å²) in [5, 5.41) is 9.56. The summed E-state index contributed by atoms with van der Waals surface area (Å²) in [5.74, 6) is 0. The van der Waals surface area contributed by atoms with Crippen LogP contribution in [0.4, 0.5) is 5.69 Å². The molecule has 2 aromatic carbocycles. The van der Waals surface area contributed by atoms with Gasteiger partial charge in [-0.15, -0.1) is 0 Å². The van der Waals surface area contributed by atoms with Crippen molar-refractivity contribution < 1.29 is 13.5 Å². The standard InChI is InChI=1S/C13H10Cl3NO3S/c14-10-2-1-3-11(15)13(10)17-21(19,20)9-5-4-8(7-18)12(16)6-9/h1-6,17-18H,7H2. The van der Waals surface area contributed by atoms with Gasteiger partial charge in [-0.2, -0.15) is 0 Å². The summed E-state index contributed by atoms with van der Waals surface area (Å²) in [6.45, 7) is -0.275. The number of hydrogen-bond acceptors (Lipinski definition) is 3. The molecule has 4 nitrogen and oxygen atoms in total. The molecule has 0 spiro atoms. The van der Waals surface area contributed by atoms with Gasteiger partial charge in [0.05, 0.1) is 27.2 Å². The van der Waals surface area contributed by atoms with Crippen LogP contribution in [0.5, 0.6) is 0 Å². The molecule has 0 aliphatic rings. The Morgan fingerprint density at radius 1 is 1.00 bits per heavy atom. The molecule has 0 radical (unpaired) electrons. The molecule has 0 aromatic heterocycles. The predicted octanol–water partition coefficient (Wildman–Crippen LogP) is 3.94. The van der Waals surface area contributed by atoms with Crippen LogP contribution in [0.3, 0.4) is 0 Å². The normalized spacial score (nSPS) is 11.4. The monoisotopic (exact) mass is 365 g/mol. The molecular weight excluding hydrogens is 357 g/mol. The van der Waals surface area contributed by atoms with Crippen LogP contribution < -0.4 is 4.72 Å². The Labute approximate surface area is 137 Å². The van der Waals surface area contributed by atoms with E-state index in [1.165, 1.54) is 30.3 Å². The molecule has 0 aliphatic carbocycles. The van der Waals surface area contributed by atoms with E-state index in [4.69, 9.17) is 39.9 Å². The average Bonchev–Trinajstić information content (AvgIpc) is 2.43. The van der Waals surface area contributed by atoms with E-state index in [0.29, 0.717) is 5.56 Å². The third-order valence-corrected chi connectivity index (χ3v) is 5.03. The van der Waals surface area contributed by atoms with Crippen LogP contribution >= 0.6 is 34.8 Å². The molecule has 0 saturated heterocycles. The second kappa shape index (κ2) is 6.42. The fourth-order valence-corrected chi connectivity index (χ4v) is 3.65. The van der Waals surface area contributed by atoms with Crippen LogP contribution in [0.1, 0.15) is 5.56 Å². The third-order valence-electron chi connectivity index (χ3n) is 2.70. The number of halogens is 3. The first-order valence-electron chi connectivity index (χ1n) is 5.71. The number of rotatable bonds is 4. The van der Waals surface area contributed by atoms with Gasteiger partial charge >= 0.3 is 0 Å². The van der Waals surface area contributed by atoms with Crippen LogP contribution in [0.15, 0.2) is 41.3 Å². The van der Waals surface area contributed by atoms with Gasteiger partial charge in [0.1, 0.15) is 0 Å². The summed E-state index contributed by atoms with van der Waals surface area (Å²) in [6.07, 6.45) is 0. The minimum atomic E-state index is -3.89. The second-order valence-corrected chi connectivity index (χ2v) is 7.02. The Bertz CT molecular complexity index is 758. The van der Waals surface area contributed by atoms with Crippen molar-refractivity contribution in [3.8, 4) is 0 Å². The molecule has 0 amide bonds. The van der Waals surface area contributed by atoms with E-state index >= 15 is 0 Å². The van der Waals surface area contributed by atoms with Gasteiger partial charge in [0.2, 0.25) is 0 Å². The number of benzene rings is 2. The number of hydrogen-bond donors (Lipinski definition) is 2. The van der Waals surface area contributed by atoms with Crippen molar-refractivity contribution in [3.05, 3.63) is 57.0 Å². The molecule has 0 fully saturated rings.